The van der Waals surface area contributed by atoms with E-state index in [0.717, 1.165) is 30.6 Å². The van der Waals surface area contributed by atoms with Gasteiger partial charge in [0.15, 0.2) is 5.76 Å². The van der Waals surface area contributed by atoms with E-state index >= 15 is 0 Å². The minimum atomic E-state index is -0.122. The van der Waals surface area contributed by atoms with Crippen molar-refractivity contribution in [3.05, 3.63) is 98.6 Å². The van der Waals surface area contributed by atoms with Crippen molar-refractivity contribution in [3.8, 4) is 5.75 Å². The quantitative estimate of drug-likeness (QED) is 0.745. The van der Waals surface area contributed by atoms with Crippen LogP contribution in [0, 0.1) is 13.8 Å². The maximum atomic E-state index is 12.5. The number of benzene rings is 2. The van der Waals surface area contributed by atoms with Gasteiger partial charge in [-0.25, -0.2) is 0 Å². The molecule has 4 heteroatoms. The lowest BCUT2D eigenvalue weighted by Gasteiger charge is -2.25. The van der Waals surface area contributed by atoms with E-state index in [1.165, 1.54) is 27.9 Å². The summed E-state index contributed by atoms with van der Waals surface area (Å²) in [7, 11) is 0. The Hall–Kier alpha value is -2.85. The monoisotopic (exact) mass is 376 g/mol. The van der Waals surface area contributed by atoms with E-state index in [4.69, 9.17) is 9.15 Å². The van der Waals surface area contributed by atoms with Gasteiger partial charge in [0.25, 0.3) is 0 Å². The molecule has 3 aromatic rings. The molecule has 2 aromatic carbocycles. The number of quaternary nitrogens is 1. The van der Waals surface area contributed by atoms with E-state index in [-0.39, 0.29) is 11.2 Å². The summed E-state index contributed by atoms with van der Waals surface area (Å²) >= 11 is 0. The standard InChI is InChI=1S/C24H25NO3/c1-17-7-8-18(2)21(11-17)15-28-24-16-27-22(12-23(24)26)14-25-10-9-19-5-3-4-6-20(19)13-25/h3-8,11-12,16H,9-10,13-15H2,1-2H3/p+1. The zero-order chi connectivity index (χ0) is 19.5. The van der Waals surface area contributed by atoms with Crippen LogP contribution in [0.1, 0.15) is 33.6 Å². The van der Waals surface area contributed by atoms with Crippen LogP contribution in [0.4, 0.5) is 0 Å². The summed E-state index contributed by atoms with van der Waals surface area (Å²) < 4.78 is 11.5. The van der Waals surface area contributed by atoms with Crippen molar-refractivity contribution >= 4 is 0 Å². The van der Waals surface area contributed by atoms with Gasteiger partial charge in [-0.2, -0.15) is 0 Å². The maximum absolute atomic E-state index is 12.5. The van der Waals surface area contributed by atoms with Crippen molar-refractivity contribution in [2.24, 2.45) is 0 Å². The Bertz CT molecular complexity index is 1040. The van der Waals surface area contributed by atoms with E-state index in [1.54, 1.807) is 6.07 Å². The van der Waals surface area contributed by atoms with Gasteiger partial charge in [-0.05, 0) is 30.5 Å². The van der Waals surface area contributed by atoms with Gasteiger partial charge in [-0.15, -0.1) is 0 Å². The number of fused-ring (bicyclic) bond motifs is 1. The lowest BCUT2D eigenvalue weighted by atomic mass is 10.00. The second-order valence-electron chi connectivity index (χ2n) is 7.67. The highest BCUT2D eigenvalue weighted by Gasteiger charge is 2.20. The lowest BCUT2D eigenvalue weighted by Crippen LogP contribution is -3.10. The van der Waals surface area contributed by atoms with Crippen molar-refractivity contribution in [1.82, 2.24) is 0 Å². The molecule has 4 nitrogen and oxygen atoms in total. The molecule has 0 bridgehead atoms. The number of hydrogen-bond donors (Lipinski definition) is 1. The highest BCUT2D eigenvalue weighted by molar-refractivity contribution is 5.31. The molecule has 0 radical (unpaired) electrons. The van der Waals surface area contributed by atoms with Crippen LogP contribution in [0.2, 0.25) is 0 Å². The first-order valence-electron chi connectivity index (χ1n) is 9.79. The van der Waals surface area contributed by atoms with Crippen LogP contribution in [0.25, 0.3) is 0 Å². The van der Waals surface area contributed by atoms with Crippen molar-refractivity contribution in [1.29, 1.82) is 0 Å². The zero-order valence-corrected chi connectivity index (χ0v) is 16.5. The molecule has 1 unspecified atom stereocenters. The fourth-order valence-electron chi connectivity index (χ4n) is 3.79. The molecule has 0 saturated carbocycles. The predicted molar refractivity (Wildman–Crippen MR) is 109 cm³/mol. The minimum absolute atomic E-state index is 0.122. The first-order valence-corrected chi connectivity index (χ1v) is 9.79. The third-order valence-electron chi connectivity index (χ3n) is 5.47. The molecule has 0 fully saturated rings. The first kappa shape index (κ1) is 18.5. The zero-order valence-electron chi connectivity index (χ0n) is 16.5. The Labute approximate surface area is 165 Å². The Morgan fingerprint density at radius 2 is 1.89 bits per heavy atom. The fourth-order valence-corrected chi connectivity index (χ4v) is 3.79. The molecular weight excluding hydrogens is 350 g/mol. The Morgan fingerprint density at radius 3 is 2.71 bits per heavy atom. The van der Waals surface area contributed by atoms with Crippen molar-refractivity contribution < 1.29 is 14.1 Å². The molecule has 0 aliphatic carbocycles. The van der Waals surface area contributed by atoms with Gasteiger partial charge in [0.1, 0.15) is 26.0 Å². The topological polar surface area (TPSA) is 43.9 Å². The molecule has 0 amide bonds. The van der Waals surface area contributed by atoms with Gasteiger partial charge < -0.3 is 14.1 Å². The normalized spacial score (nSPS) is 15.9. The van der Waals surface area contributed by atoms with Crippen LogP contribution in [-0.4, -0.2) is 6.54 Å². The summed E-state index contributed by atoms with van der Waals surface area (Å²) in [6.07, 6.45) is 2.52. The average molecular weight is 376 g/mol. The van der Waals surface area contributed by atoms with E-state index in [1.807, 2.05) is 13.8 Å². The Kier molecular flexibility index (Phi) is 5.31. The summed E-state index contributed by atoms with van der Waals surface area (Å²) in [5.74, 6) is 0.974. The Morgan fingerprint density at radius 1 is 1.07 bits per heavy atom. The summed E-state index contributed by atoms with van der Waals surface area (Å²) in [4.78, 5) is 13.9. The smallest absolute Gasteiger partial charge is 0.227 e. The van der Waals surface area contributed by atoms with Gasteiger partial charge in [0.05, 0.1) is 6.54 Å². The summed E-state index contributed by atoms with van der Waals surface area (Å²) in [5, 5.41) is 0. The number of hydrogen-bond acceptors (Lipinski definition) is 3. The molecular formula is C24H26NO3+. The van der Waals surface area contributed by atoms with Crippen molar-refractivity contribution in [3.63, 3.8) is 0 Å². The van der Waals surface area contributed by atoms with E-state index in [9.17, 15) is 4.79 Å². The highest BCUT2D eigenvalue weighted by Crippen LogP contribution is 2.15. The van der Waals surface area contributed by atoms with E-state index in [0.29, 0.717) is 18.9 Å². The predicted octanol–water partition coefficient (Wildman–Crippen LogP) is 2.98. The van der Waals surface area contributed by atoms with E-state index in [2.05, 4.69) is 42.5 Å². The van der Waals surface area contributed by atoms with Gasteiger partial charge in [-0.3, -0.25) is 4.79 Å². The van der Waals surface area contributed by atoms with Gasteiger partial charge >= 0.3 is 0 Å². The molecule has 1 aliphatic rings. The Balaban J connectivity index is 1.41. The summed E-state index contributed by atoms with van der Waals surface area (Å²) in [6, 6.07) is 16.4. The molecule has 144 valence electrons. The SMILES string of the molecule is Cc1ccc(C)c(COc2coc(C[NH+]3CCc4ccccc4C3)cc2=O)c1. The van der Waals surface area contributed by atoms with Crippen molar-refractivity contribution in [2.75, 3.05) is 6.54 Å². The number of ether oxygens (including phenoxy) is 1. The molecule has 0 saturated heterocycles. The van der Waals surface area contributed by atoms with Crippen LogP contribution in [0.5, 0.6) is 5.75 Å². The van der Waals surface area contributed by atoms with Crippen molar-refractivity contribution in [2.45, 2.75) is 40.0 Å². The molecule has 1 aromatic heterocycles. The van der Waals surface area contributed by atoms with E-state index < -0.39 is 0 Å². The third kappa shape index (κ3) is 4.18. The number of rotatable bonds is 5. The largest absolute Gasteiger partial charge is 0.482 e. The molecule has 1 N–H and O–H groups in total. The van der Waals surface area contributed by atoms with Crippen LogP contribution in [0.15, 0.2) is 64.0 Å². The summed E-state index contributed by atoms with van der Waals surface area (Å²) in [6.45, 7) is 7.18. The average Bonchev–Trinajstić information content (AvgIpc) is 2.70. The summed E-state index contributed by atoms with van der Waals surface area (Å²) in [5.41, 5.74) is 6.11. The first-order chi connectivity index (χ1) is 13.6. The highest BCUT2D eigenvalue weighted by atomic mass is 16.5. The van der Waals surface area contributed by atoms with Crippen LogP contribution in [-0.2, 0) is 26.1 Å². The molecule has 28 heavy (non-hydrogen) atoms. The molecule has 0 spiro atoms. The maximum Gasteiger partial charge on any atom is 0.227 e. The number of aryl methyl sites for hydroxylation is 2. The second kappa shape index (κ2) is 8.03. The fraction of sp³-hybridized carbons (Fsp3) is 0.292. The minimum Gasteiger partial charge on any atom is -0.482 e. The van der Waals surface area contributed by atoms with Crippen LogP contribution >= 0.6 is 0 Å². The van der Waals surface area contributed by atoms with Gasteiger partial charge in [0.2, 0.25) is 11.2 Å². The molecule has 4 rings (SSSR count). The molecule has 1 atom stereocenters. The molecule has 2 heterocycles. The lowest BCUT2D eigenvalue weighted by molar-refractivity contribution is -0.930. The molecule has 1 aliphatic heterocycles. The second-order valence-corrected chi connectivity index (χ2v) is 7.67. The van der Waals surface area contributed by atoms with Gasteiger partial charge in [-0.1, -0.05) is 48.0 Å². The van der Waals surface area contributed by atoms with Crippen LogP contribution in [0.3, 0.4) is 0 Å². The number of nitrogens with one attached hydrogen (secondary N) is 1. The van der Waals surface area contributed by atoms with Crippen LogP contribution < -0.4 is 15.1 Å². The van der Waals surface area contributed by atoms with Gasteiger partial charge in [0, 0.05) is 18.1 Å². The third-order valence-corrected chi connectivity index (χ3v) is 5.47.